The molecule has 3 N–H and O–H groups in total. The molecule has 1 aliphatic rings. The van der Waals surface area contributed by atoms with Gasteiger partial charge in [-0.15, -0.1) is 11.3 Å². The molecule has 0 aliphatic heterocycles. The summed E-state index contributed by atoms with van der Waals surface area (Å²) >= 11 is 1.63. The fraction of sp³-hybridized carbons (Fsp3) is 0.421. The predicted octanol–water partition coefficient (Wildman–Crippen LogP) is 2.39. The number of nitrogens with one attached hydrogen (secondary N) is 3. The summed E-state index contributed by atoms with van der Waals surface area (Å²) in [5.74, 6) is 1.16. The molecule has 1 amide bonds. The minimum absolute atomic E-state index is 0.171. The molecule has 0 radical (unpaired) electrons. The van der Waals surface area contributed by atoms with Gasteiger partial charge in [0.15, 0.2) is 5.96 Å². The number of nitrogens with zero attached hydrogens (tertiary/aromatic N) is 2. The Morgan fingerprint density at radius 1 is 1.19 bits per heavy atom. The lowest BCUT2D eigenvalue weighted by Crippen LogP contribution is -2.41. The molecule has 1 aliphatic carbocycles. The molecule has 26 heavy (non-hydrogen) atoms. The molecule has 7 heteroatoms. The van der Waals surface area contributed by atoms with Crippen LogP contribution in [0.1, 0.15) is 25.5 Å². The first-order valence-electron chi connectivity index (χ1n) is 9.06. The number of hydrogen-bond donors (Lipinski definition) is 3. The Balaban J connectivity index is 1.48. The summed E-state index contributed by atoms with van der Waals surface area (Å²) in [7, 11) is 0. The van der Waals surface area contributed by atoms with E-state index in [1.54, 1.807) is 11.3 Å². The van der Waals surface area contributed by atoms with Gasteiger partial charge in [0, 0.05) is 36.5 Å². The lowest BCUT2D eigenvalue weighted by molar-refractivity contribution is -0.122. The molecule has 0 bridgehead atoms. The molecule has 0 spiro atoms. The van der Waals surface area contributed by atoms with Crippen molar-refractivity contribution in [2.24, 2.45) is 10.9 Å². The predicted molar refractivity (Wildman–Crippen MR) is 106 cm³/mol. The number of hydrogen-bond acceptors (Lipinski definition) is 4. The maximum absolute atomic E-state index is 11.6. The molecule has 2 aromatic rings. The second-order valence-corrected chi connectivity index (χ2v) is 7.06. The van der Waals surface area contributed by atoms with Crippen LogP contribution in [0.5, 0.6) is 0 Å². The van der Waals surface area contributed by atoms with Gasteiger partial charge in [0.1, 0.15) is 5.01 Å². The lowest BCUT2D eigenvalue weighted by atomic mass is 10.2. The summed E-state index contributed by atoms with van der Waals surface area (Å²) in [5.41, 5.74) is 2.08. The Hall–Kier alpha value is -2.41. The van der Waals surface area contributed by atoms with E-state index >= 15 is 0 Å². The van der Waals surface area contributed by atoms with E-state index in [-0.39, 0.29) is 11.8 Å². The van der Waals surface area contributed by atoms with Crippen LogP contribution in [0.4, 0.5) is 0 Å². The van der Waals surface area contributed by atoms with Crippen LogP contribution in [0.25, 0.3) is 10.6 Å². The number of guanidine groups is 1. The number of carbonyl (C=O) groups excluding carboxylic acids is 1. The number of aromatic nitrogens is 1. The summed E-state index contributed by atoms with van der Waals surface area (Å²) in [4.78, 5) is 20.9. The van der Waals surface area contributed by atoms with E-state index in [2.05, 4.69) is 38.1 Å². The van der Waals surface area contributed by atoms with Gasteiger partial charge in [-0.05, 0) is 19.8 Å². The van der Waals surface area contributed by atoms with Crippen LogP contribution in [0.2, 0.25) is 0 Å². The molecule has 6 nitrogen and oxygen atoms in total. The largest absolute Gasteiger partial charge is 0.357 e. The first-order valence-corrected chi connectivity index (χ1v) is 9.94. The Bertz CT molecular complexity index is 739. The summed E-state index contributed by atoms with van der Waals surface area (Å²) in [6.07, 6.45) is 2.06. The Labute approximate surface area is 158 Å². The Kier molecular flexibility index (Phi) is 6.60. The van der Waals surface area contributed by atoms with Crippen LogP contribution in [-0.4, -0.2) is 36.5 Å². The van der Waals surface area contributed by atoms with Crippen LogP contribution in [0.15, 0.2) is 40.7 Å². The van der Waals surface area contributed by atoms with Crippen LogP contribution in [0.3, 0.4) is 0 Å². The molecular weight excluding hydrogens is 346 g/mol. The topological polar surface area (TPSA) is 78.4 Å². The summed E-state index contributed by atoms with van der Waals surface area (Å²) < 4.78 is 0. The third-order valence-electron chi connectivity index (χ3n) is 3.98. The fourth-order valence-electron chi connectivity index (χ4n) is 2.45. The van der Waals surface area contributed by atoms with Crippen molar-refractivity contribution in [3.63, 3.8) is 0 Å². The highest BCUT2D eigenvalue weighted by Gasteiger charge is 2.28. The molecule has 1 aromatic carbocycles. The summed E-state index contributed by atoms with van der Waals surface area (Å²) in [6, 6.07) is 10.2. The average Bonchev–Trinajstić information content (AvgIpc) is 3.42. The maximum atomic E-state index is 11.6. The van der Waals surface area contributed by atoms with Gasteiger partial charge in [-0.25, -0.2) is 9.98 Å². The highest BCUT2D eigenvalue weighted by molar-refractivity contribution is 7.13. The Morgan fingerprint density at radius 3 is 2.69 bits per heavy atom. The van der Waals surface area contributed by atoms with Crippen LogP contribution in [0, 0.1) is 5.92 Å². The van der Waals surface area contributed by atoms with Gasteiger partial charge in [0.25, 0.3) is 0 Å². The fourth-order valence-corrected chi connectivity index (χ4v) is 3.27. The van der Waals surface area contributed by atoms with Crippen molar-refractivity contribution in [2.75, 3.05) is 19.6 Å². The van der Waals surface area contributed by atoms with Crippen molar-refractivity contribution in [2.45, 2.75) is 26.3 Å². The number of carbonyl (C=O) groups is 1. The van der Waals surface area contributed by atoms with E-state index in [9.17, 15) is 4.79 Å². The SMILES string of the molecule is CCNC(=NCc1csc(-c2ccccc2)n1)NCCNC(=O)C1CC1. The first-order chi connectivity index (χ1) is 12.8. The van der Waals surface area contributed by atoms with Crippen molar-refractivity contribution in [1.82, 2.24) is 20.9 Å². The number of rotatable bonds is 8. The molecule has 1 aromatic heterocycles. The lowest BCUT2D eigenvalue weighted by Gasteiger charge is -2.11. The van der Waals surface area contributed by atoms with E-state index in [0.29, 0.717) is 19.6 Å². The van der Waals surface area contributed by atoms with E-state index in [1.807, 2.05) is 30.5 Å². The second-order valence-electron chi connectivity index (χ2n) is 6.20. The summed E-state index contributed by atoms with van der Waals surface area (Å²) in [6.45, 7) is 4.59. The van der Waals surface area contributed by atoms with E-state index in [4.69, 9.17) is 0 Å². The zero-order valence-corrected chi connectivity index (χ0v) is 15.8. The van der Waals surface area contributed by atoms with Crippen LogP contribution < -0.4 is 16.0 Å². The van der Waals surface area contributed by atoms with Gasteiger partial charge in [-0.2, -0.15) is 0 Å². The molecule has 138 valence electrons. The van der Waals surface area contributed by atoms with Gasteiger partial charge < -0.3 is 16.0 Å². The van der Waals surface area contributed by atoms with Crippen molar-refractivity contribution in [1.29, 1.82) is 0 Å². The van der Waals surface area contributed by atoms with Gasteiger partial charge in [0.05, 0.1) is 12.2 Å². The van der Waals surface area contributed by atoms with Crippen LogP contribution in [-0.2, 0) is 11.3 Å². The minimum atomic E-state index is 0.171. The first kappa shape index (κ1) is 18.4. The number of benzene rings is 1. The third kappa shape index (κ3) is 5.56. The quantitative estimate of drug-likeness (QED) is 0.378. The maximum Gasteiger partial charge on any atom is 0.223 e. The highest BCUT2D eigenvalue weighted by atomic mass is 32.1. The summed E-state index contributed by atoms with van der Waals surface area (Å²) in [5, 5.41) is 12.5. The third-order valence-corrected chi connectivity index (χ3v) is 4.92. The minimum Gasteiger partial charge on any atom is -0.357 e. The zero-order chi connectivity index (χ0) is 18.2. The van der Waals surface area contributed by atoms with Crippen molar-refractivity contribution in [3.05, 3.63) is 41.4 Å². The molecule has 1 heterocycles. The molecule has 1 fully saturated rings. The standard InChI is InChI=1S/C19H25N5OS/c1-2-20-19(22-11-10-21-17(25)14-8-9-14)23-12-16-13-26-18(24-16)15-6-4-3-5-7-15/h3-7,13-14H,2,8-12H2,1H3,(H,21,25)(H2,20,22,23). The zero-order valence-electron chi connectivity index (χ0n) is 15.0. The second kappa shape index (κ2) is 9.33. The number of thiazole rings is 1. The highest BCUT2D eigenvalue weighted by Crippen LogP contribution is 2.28. The molecule has 1 saturated carbocycles. The smallest absolute Gasteiger partial charge is 0.223 e. The van der Waals surface area contributed by atoms with Gasteiger partial charge >= 0.3 is 0 Å². The molecular formula is C19H25N5OS. The van der Waals surface area contributed by atoms with E-state index in [1.165, 1.54) is 0 Å². The van der Waals surface area contributed by atoms with E-state index in [0.717, 1.165) is 41.6 Å². The Morgan fingerprint density at radius 2 is 1.96 bits per heavy atom. The van der Waals surface area contributed by atoms with E-state index < -0.39 is 0 Å². The number of aliphatic imine (C=N–C) groups is 1. The molecule has 3 rings (SSSR count). The van der Waals surface area contributed by atoms with Gasteiger partial charge in [-0.3, -0.25) is 4.79 Å². The van der Waals surface area contributed by atoms with Gasteiger partial charge in [0.2, 0.25) is 5.91 Å². The molecule has 0 saturated heterocycles. The van der Waals surface area contributed by atoms with Crippen LogP contribution >= 0.6 is 11.3 Å². The van der Waals surface area contributed by atoms with Gasteiger partial charge in [-0.1, -0.05) is 30.3 Å². The number of amides is 1. The monoisotopic (exact) mass is 371 g/mol. The molecule has 0 unspecified atom stereocenters. The van der Waals surface area contributed by atoms with Crippen molar-refractivity contribution >= 4 is 23.2 Å². The van der Waals surface area contributed by atoms with Crippen molar-refractivity contribution in [3.8, 4) is 10.6 Å². The average molecular weight is 372 g/mol. The molecule has 0 atom stereocenters. The normalized spacial score (nSPS) is 14.1. The van der Waals surface area contributed by atoms with Crippen molar-refractivity contribution < 1.29 is 4.79 Å².